The van der Waals surface area contributed by atoms with Gasteiger partial charge in [0.15, 0.2) is 0 Å². The molecule has 0 saturated carbocycles. The predicted octanol–water partition coefficient (Wildman–Crippen LogP) is 3.41. The third-order valence-electron chi connectivity index (χ3n) is 3.05. The van der Waals surface area contributed by atoms with Crippen LogP contribution in [0.1, 0.15) is 0 Å². The second-order valence-electron chi connectivity index (χ2n) is 4.17. The lowest BCUT2D eigenvalue weighted by Crippen LogP contribution is -2.00. The van der Waals surface area contributed by atoms with Crippen molar-refractivity contribution >= 4 is 33.3 Å². The van der Waals surface area contributed by atoms with E-state index in [1.807, 2.05) is 12.1 Å². The number of hydrogen-bond acceptors (Lipinski definition) is 3. The summed E-state index contributed by atoms with van der Waals surface area (Å²) in [7, 11) is 1.57. The first-order valence-electron chi connectivity index (χ1n) is 5.76. The number of pyridine rings is 1. The van der Waals surface area contributed by atoms with Crippen molar-refractivity contribution in [2.24, 2.45) is 0 Å². The van der Waals surface area contributed by atoms with E-state index in [0.717, 1.165) is 5.39 Å². The standard InChI is InChI=1S/C15H10ClNO2/c1-19-13-7-9-3-2-6-17-14(9)15(18)11-5-4-10(16)8-12(11)13/h2-8H,1H3. The van der Waals surface area contributed by atoms with Gasteiger partial charge in [-0.25, -0.2) is 0 Å². The largest absolute Gasteiger partial charge is 0.496 e. The zero-order valence-electron chi connectivity index (χ0n) is 10.2. The molecule has 0 spiro atoms. The van der Waals surface area contributed by atoms with E-state index in [0.29, 0.717) is 27.1 Å². The molecule has 19 heavy (non-hydrogen) atoms. The number of halogens is 1. The minimum Gasteiger partial charge on any atom is -0.496 e. The van der Waals surface area contributed by atoms with Gasteiger partial charge in [-0.1, -0.05) is 17.7 Å². The molecule has 4 heteroatoms. The first kappa shape index (κ1) is 11.9. The number of benzene rings is 1. The average Bonchev–Trinajstić information content (AvgIpc) is 2.55. The van der Waals surface area contributed by atoms with Crippen LogP contribution in [0.4, 0.5) is 0 Å². The van der Waals surface area contributed by atoms with E-state index in [1.165, 1.54) is 0 Å². The highest BCUT2D eigenvalue weighted by Gasteiger charge is 2.08. The van der Waals surface area contributed by atoms with Crippen molar-refractivity contribution < 1.29 is 4.74 Å². The second kappa shape index (κ2) is 4.52. The van der Waals surface area contributed by atoms with Crippen molar-refractivity contribution in [3.05, 3.63) is 57.8 Å². The molecule has 0 N–H and O–H groups in total. The summed E-state index contributed by atoms with van der Waals surface area (Å²) < 4.78 is 5.38. The van der Waals surface area contributed by atoms with Gasteiger partial charge in [0, 0.05) is 27.4 Å². The van der Waals surface area contributed by atoms with Crippen LogP contribution < -0.4 is 10.2 Å². The molecule has 94 valence electrons. The fraction of sp³-hybridized carbons (Fsp3) is 0.0667. The van der Waals surface area contributed by atoms with Crippen LogP contribution in [0.5, 0.6) is 5.75 Å². The van der Waals surface area contributed by atoms with Crippen LogP contribution in [-0.2, 0) is 0 Å². The van der Waals surface area contributed by atoms with Crippen LogP contribution in [0, 0.1) is 0 Å². The fourth-order valence-electron chi connectivity index (χ4n) is 2.16. The van der Waals surface area contributed by atoms with Crippen LogP contribution in [0.2, 0.25) is 5.02 Å². The number of methoxy groups -OCH3 is 1. The van der Waals surface area contributed by atoms with Crippen molar-refractivity contribution in [1.82, 2.24) is 4.98 Å². The third kappa shape index (κ3) is 1.92. The Hall–Kier alpha value is -2.13. The van der Waals surface area contributed by atoms with Gasteiger partial charge in [0.05, 0.1) is 7.11 Å². The Bertz CT molecular complexity index is 846. The maximum absolute atomic E-state index is 12.5. The third-order valence-corrected chi connectivity index (χ3v) is 3.29. The molecule has 3 nitrogen and oxygen atoms in total. The van der Waals surface area contributed by atoms with Crippen molar-refractivity contribution in [3.63, 3.8) is 0 Å². The Labute approximate surface area is 114 Å². The molecule has 0 fully saturated rings. The molecule has 0 aliphatic carbocycles. The van der Waals surface area contributed by atoms with E-state index >= 15 is 0 Å². The molecule has 2 aromatic carbocycles. The van der Waals surface area contributed by atoms with Gasteiger partial charge in [-0.15, -0.1) is 0 Å². The summed E-state index contributed by atoms with van der Waals surface area (Å²) in [5.41, 5.74) is 0.309. The SMILES string of the molecule is COc1cc2cccnc2c(=O)c2ccc(Cl)cc12. The Morgan fingerprint density at radius 2 is 2.00 bits per heavy atom. The topological polar surface area (TPSA) is 39.2 Å². The van der Waals surface area contributed by atoms with Crippen LogP contribution in [0.25, 0.3) is 21.7 Å². The van der Waals surface area contributed by atoms with Crippen LogP contribution in [0.3, 0.4) is 0 Å². The van der Waals surface area contributed by atoms with Crippen molar-refractivity contribution in [2.45, 2.75) is 0 Å². The van der Waals surface area contributed by atoms with E-state index in [4.69, 9.17) is 16.3 Å². The summed E-state index contributed by atoms with van der Waals surface area (Å²) in [6.45, 7) is 0. The number of nitrogens with zero attached hydrogens (tertiary/aromatic N) is 1. The molecule has 0 aliphatic heterocycles. The Balaban J connectivity index is 2.67. The number of rotatable bonds is 1. The zero-order valence-corrected chi connectivity index (χ0v) is 10.9. The van der Waals surface area contributed by atoms with Crippen molar-refractivity contribution in [2.75, 3.05) is 7.11 Å². The predicted molar refractivity (Wildman–Crippen MR) is 77.1 cm³/mol. The van der Waals surface area contributed by atoms with Gasteiger partial charge in [0.2, 0.25) is 5.43 Å². The second-order valence-corrected chi connectivity index (χ2v) is 4.61. The lowest BCUT2D eigenvalue weighted by Gasteiger charge is -2.00. The van der Waals surface area contributed by atoms with Crippen LogP contribution in [-0.4, -0.2) is 12.1 Å². The average molecular weight is 272 g/mol. The normalized spacial score (nSPS) is 10.8. The van der Waals surface area contributed by atoms with Gasteiger partial charge in [-0.05, 0) is 30.3 Å². The molecule has 0 aliphatic rings. The molecular weight excluding hydrogens is 262 g/mol. The number of ether oxygens (including phenoxy) is 1. The summed E-state index contributed by atoms with van der Waals surface area (Å²) in [6, 6.07) is 10.6. The highest BCUT2D eigenvalue weighted by atomic mass is 35.5. The number of fused-ring (bicyclic) bond motifs is 2. The van der Waals surface area contributed by atoms with E-state index in [-0.39, 0.29) is 5.43 Å². The molecule has 1 aromatic heterocycles. The molecule has 1 heterocycles. The zero-order chi connectivity index (χ0) is 13.4. The van der Waals surface area contributed by atoms with Crippen LogP contribution >= 0.6 is 11.6 Å². The van der Waals surface area contributed by atoms with Crippen LogP contribution in [0.15, 0.2) is 47.4 Å². The molecular formula is C15H10ClNO2. The molecule has 0 bridgehead atoms. The molecule has 0 unspecified atom stereocenters. The lowest BCUT2D eigenvalue weighted by atomic mass is 10.1. The Morgan fingerprint density at radius 3 is 2.79 bits per heavy atom. The highest BCUT2D eigenvalue weighted by molar-refractivity contribution is 6.31. The first-order chi connectivity index (χ1) is 9.20. The quantitative estimate of drug-likeness (QED) is 0.681. The van der Waals surface area contributed by atoms with Crippen molar-refractivity contribution in [1.29, 1.82) is 0 Å². The summed E-state index contributed by atoms with van der Waals surface area (Å²) in [4.78, 5) is 16.7. The summed E-state index contributed by atoms with van der Waals surface area (Å²) >= 11 is 6.00. The summed E-state index contributed by atoms with van der Waals surface area (Å²) in [6.07, 6.45) is 1.61. The van der Waals surface area contributed by atoms with Crippen molar-refractivity contribution in [3.8, 4) is 5.75 Å². The van der Waals surface area contributed by atoms with Gasteiger partial charge < -0.3 is 4.74 Å². The Morgan fingerprint density at radius 1 is 1.16 bits per heavy atom. The molecule has 0 saturated heterocycles. The molecule has 3 rings (SSSR count). The van der Waals surface area contributed by atoms with Gasteiger partial charge in [0.25, 0.3) is 0 Å². The fourth-order valence-corrected chi connectivity index (χ4v) is 2.33. The Kier molecular flexibility index (Phi) is 2.84. The minimum atomic E-state index is -0.120. The van der Waals surface area contributed by atoms with E-state index in [2.05, 4.69) is 4.98 Å². The summed E-state index contributed by atoms with van der Waals surface area (Å²) in [5.74, 6) is 0.609. The summed E-state index contributed by atoms with van der Waals surface area (Å²) in [5, 5.41) is 2.55. The lowest BCUT2D eigenvalue weighted by molar-refractivity contribution is 0.420. The number of aromatic nitrogens is 1. The number of hydrogen-bond donors (Lipinski definition) is 0. The monoisotopic (exact) mass is 271 g/mol. The van der Waals surface area contributed by atoms with Gasteiger partial charge in [-0.2, -0.15) is 0 Å². The molecule has 3 aromatic rings. The molecule has 0 atom stereocenters. The van der Waals surface area contributed by atoms with E-state index < -0.39 is 0 Å². The first-order valence-corrected chi connectivity index (χ1v) is 6.14. The van der Waals surface area contributed by atoms with Gasteiger partial charge >= 0.3 is 0 Å². The maximum atomic E-state index is 12.5. The highest BCUT2D eigenvalue weighted by Crippen LogP contribution is 2.27. The molecule has 0 amide bonds. The molecule has 0 radical (unpaired) electrons. The smallest absolute Gasteiger partial charge is 0.212 e. The minimum absolute atomic E-state index is 0.120. The van der Waals surface area contributed by atoms with Gasteiger partial charge in [0.1, 0.15) is 11.3 Å². The van der Waals surface area contributed by atoms with Gasteiger partial charge in [-0.3, -0.25) is 9.78 Å². The van der Waals surface area contributed by atoms with E-state index in [1.54, 1.807) is 37.6 Å². The van der Waals surface area contributed by atoms with E-state index in [9.17, 15) is 4.79 Å². The maximum Gasteiger partial charge on any atom is 0.212 e.